The summed E-state index contributed by atoms with van der Waals surface area (Å²) in [7, 11) is 0. The molecule has 0 fully saturated rings. The molecule has 0 heterocycles. The molecule has 0 unspecified atom stereocenters. The van der Waals surface area contributed by atoms with Crippen LogP contribution in [0.1, 0.15) is 0 Å². The van der Waals surface area contributed by atoms with Crippen LogP contribution in [0.25, 0.3) is 10.8 Å². The number of azo groups is 2. The molecule has 0 aliphatic heterocycles. The molecule has 5 nitrogen and oxygen atoms in total. The summed E-state index contributed by atoms with van der Waals surface area (Å²) >= 11 is 0. The van der Waals surface area contributed by atoms with E-state index in [2.05, 4.69) is 20.5 Å². The lowest BCUT2D eigenvalue weighted by molar-refractivity contribution is 0.482. The van der Waals surface area contributed by atoms with Crippen LogP contribution in [-0.4, -0.2) is 5.11 Å². The van der Waals surface area contributed by atoms with E-state index < -0.39 is 0 Å². The van der Waals surface area contributed by atoms with E-state index in [1.54, 1.807) is 18.2 Å². The molecule has 4 aromatic carbocycles. The summed E-state index contributed by atoms with van der Waals surface area (Å²) in [5.41, 5.74) is 2.63. The predicted molar refractivity (Wildman–Crippen MR) is 107 cm³/mol. The van der Waals surface area contributed by atoms with E-state index in [-0.39, 0.29) is 5.75 Å². The second-order valence-corrected chi connectivity index (χ2v) is 5.91. The quantitative estimate of drug-likeness (QED) is 0.382. The minimum absolute atomic E-state index is 0.130. The van der Waals surface area contributed by atoms with Crippen molar-refractivity contribution in [1.82, 2.24) is 0 Å². The monoisotopic (exact) mass is 352 g/mol. The Morgan fingerprint density at radius 3 is 1.74 bits per heavy atom. The zero-order chi connectivity index (χ0) is 18.5. The van der Waals surface area contributed by atoms with Crippen LogP contribution in [0.3, 0.4) is 0 Å². The second-order valence-electron chi connectivity index (χ2n) is 5.91. The molecule has 0 bridgehead atoms. The summed E-state index contributed by atoms with van der Waals surface area (Å²) in [6.45, 7) is 0. The van der Waals surface area contributed by atoms with E-state index in [4.69, 9.17) is 0 Å². The first-order valence-electron chi connectivity index (χ1n) is 8.49. The van der Waals surface area contributed by atoms with Crippen molar-refractivity contribution in [1.29, 1.82) is 0 Å². The fourth-order valence-corrected chi connectivity index (χ4v) is 2.63. The number of aromatic hydroxyl groups is 1. The molecule has 0 aliphatic rings. The number of phenolic OH excluding ortho intramolecular Hbond substituents is 1. The van der Waals surface area contributed by atoms with Crippen LogP contribution >= 0.6 is 0 Å². The number of hydrogen-bond acceptors (Lipinski definition) is 5. The predicted octanol–water partition coefficient (Wildman–Crippen LogP) is 7.38. The molecule has 0 saturated heterocycles. The van der Waals surface area contributed by atoms with Gasteiger partial charge in [0, 0.05) is 5.39 Å². The van der Waals surface area contributed by atoms with Gasteiger partial charge in [-0.1, -0.05) is 48.5 Å². The molecule has 4 rings (SSSR count). The van der Waals surface area contributed by atoms with Crippen molar-refractivity contribution >= 4 is 33.5 Å². The molecular formula is C22H16N4O. The fraction of sp³-hybridized carbons (Fsp3) is 0. The van der Waals surface area contributed by atoms with Crippen molar-refractivity contribution < 1.29 is 5.11 Å². The topological polar surface area (TPSA) is 69.7 Å². The van der Waals surface area contributed by atoms with E-state index in [0.29, 0.717) is 11.4 Å². The molecule has 0 aromatic heterocycles. The molecule has 0 saturated carbocycles. The summed E-state index contributed by atoms with van der Waals surface area (Å²) in [5.74, 6) is 0.130. The van der Waals surface area contributed by atoms with E-state index in [1.165, 1.54) is 0 Å². The van der Waals surface area contributed by atoms with Crippen molar-refractivity contribution in [2.24, 2.45) is 20.5 Å². The number of benzene rings is 4. The average Bonchev–Trinajstić information content (AvgIpc) is 2.73. The zero-order valence-electron chi connectivity index (χ0n) is 14.4. The molecule has 0 radical (unpaired) electrons. The molecule has 1 N–H and O–H groups in total. The molecule has 5 heteroatoms. The zero-order valence-corrected chi connectivity index (χ0v) is 14.4. The number of rotatable bonds is 4. The van der Waals surface area contributed by atoms with Crippen molar-refractivity contribution in [3.8, 4) is 5.75 Å². The summed E-state index contributed by atoms with van der Waals surface area (Å²) in [6, 6.07) is 28.1. The molecule has 0 amide bonds. The third-order valence-electron chi connectivity index (χ3n) is 4.04. The fourth-order valence-electron chi connectivity index (χ4n) is 2.63. The van der Waals surface area contributed by atoms with E-state index >= 15 is 0 Å². The van der Waals surface area contributed by atoms with Crippen LogP contribution in [0.2, 0.25) is 0 Å². The molecular weight excluding hydrogens is 336 g/mol. The van der Waals surface area contributed by atoms with Crippen LogP contribution < -0.4 is 0 Å². The first-order chi connectivity index (χ1) is 13.3. The van der Waals surface area contributed by atoms with Gasteiger partial charge in [0.05, 0.1) is 17.1 Å². The Morgan fingerprint density at radius 2 is 1.04 bits per heavy atom. The molecule has 4 aromatic rings. The maximum atomic E-state index is 10.4. The standard InChI is InChI=1S/C22H16N4O/c27-22-20-9-5-4-6-16(20)10-15-21(22)26-25-19-13-11-18(12-14-19)24-23-17-7-2-1-3-8-17/h1-15,27H. The molecule has 130 valence electrons. The lowest BCUT2D eigenvalue weighted by atomic mass is 10.1. The number of hydrogen-bond donors (Lipinski definition) is 1. The van der Waals surface area contributed by atoms with Gasteiger partial charge in [-0.05, 0) is 47.9 Å². The molecule has 0 aliphatic carbocycles. The van der Waals surface area contributed by atoms with Gasteiger partial charge in [-0.15, -0.1) is 5.11 Å². The van der Waals surface area contributed by atoms with Gasteiger partial charge in [0.15, 0.2) is 5.75 Å². The Morgan fingerprint density at radius 1 is 0.481 bits per heavy atom. The van der Waals surface area contributed by atoms with Crippen LogP contribution in [0.4, 0.5) is 22.7 Å². The van der Waals surface area contributed by atoms with Crippen LogP contribution in [-0.2, 0) is 0 Å². The third-order valence-corrected chi connectivity index (χ3v) is 4.04. The van der Waals surface area contributed by atoms with Gasteiger partial charge in [-0.25, -0.2) is 0 Å². The van der Waals surface area contributed by atoms with Gasteiger partial charge >= 0.3 is 0 Å². The number of phenols is 1. The first-order valence-corrected chi connectivity index (χ1v) is 8.49. The lowest BCUT2D eigenvalue weighted by Gasteiger charge is -2.03. The van der Waals surface area contributed by atoms with Crippen LogP contribution in [0.5, 0.6) is 5.75 Å². The molecule has 0 spiro atoms. The van der Waals surface area contributed by atoms with Gasteiger partial charge in [-0.3, -0.25) is 0 Å². The van der Waals surface area contributed by atoms with Gasteiger partial charge < -0.3 is 5.11 Å². The largest absolute Gasteiger partial charge is 0.505 e. The van der Waals surface area contributed by atoms with Gasteiger partial charge in [-0.2, -0.15) is 15.3 Å². The van der Waals surface area contributed by atoms with Gasteiger partial charge in [0.25, 0.3) is 0 Å². The van der Waals surface area contributed by atoms with E-state index in [0.717, 1.165) is 22.1 Å². The highest BCUT2D eigenvalue weighted by Crippen LogP contribution is 2.35. The Hall–Kier alpha value is -3.86. The molecule has 0 atom stereocenters. The van der Waals surface area contributed by atoms with Gasteiger partial charge in [0.1, 0.15) is 5.69 Å². The van der Waals surface area contributed by atoms with Crippen LogP contribution in [0, 0.1) is 0 Å². The minimum Gasteiger partial charge on any atom is -0.505 e. The summed E-state index contributed by atoms with van der Waals surface area (Å²) in [4.78, 5) is 0. The Bertz CT molecular complexity index is 1120. The van der Waals surface area contributed by atoms with E-state index in [1.807, 2.05) is 72.8 Å². The summed E-state index contributed by atoms with van der Waals surface area (Å²) in [5, 5.41) is 28.8. The first kappa shape index (κ1) is 16.6. The van der Waals surface area contributed by atoms with Crippen molar-refractivity contribution in [3.63, 3.8) is 0 Å². The smallest absolute Gasteiger partial charge is 0.150 e. The summed E-state index contributed by atoms with van der Waals surface area (Å²) < 4.78 is 0. The number of nitrogens with zero attached hydrogens (tertiary/aromatic N) is 4. The highest BCUT2D eigenvalue weighted by atomic mass is 16.3. The Labute approximate surface area is 156 Å². The van der Waals surface area contributed by atoms with Crippen molar-refractivity contribution in [2.75, 3.05) is 0 Å². The highest BCUT2D eigenvalue weighted by Gasteiger charge is 2.05. The Balaban J connectivity index is 1.51. The van der Waals surface area contributed by atoms with E-state index in [9.17, 15) is 5.11 Å². The maximum absolute atomic E-state index is 10.4. The average molecular weight is 352 g/mol. The van der Waals surface area contributed by atoms with Crippen LogP contribution in [0.15, 0.2) is 111 Å². The SMILES string of the molecule is Oc1c(N=Nc2ccc(N=Nc3ccccc3)cc2)ccc2ccccc12. The van der Waals surface area contributed by atoms with Crippen molar-refractivity contribution in [2.45, 2.75) is 0 Å². The highest BCUT2D eigenvalue weighted by molar-refractivity contribution is 5.92. The van der Waals surface area contributed by atoms with Crippen molar-refractivity contribution in [3.05, 3.63) is 91.0 Å². The Kier molecular flexibility index (Phi) is 4.66. The van der Waals surface area contributed by atoms with Gasteiger partial charge in [0.2, 0.25) is 0 Å². The maximum Gasteiger partial charge on any atom is 0.150 e. The number of fused-ring (bicyclic) bond motifs is 1. The summed E-state index contributed by atoms with van der Waals surface area (Å²) in [6.07, 6.45) is 0. The third kappa shape index (κ3) is 3.88. The normalized spacial score (nSPS) is 11.6. The lowest BCUT2D eigenvalue weighted by Crippen LogP contribution is -1.74. The molecule has 27 heavy (non-hydrogen) atoms. The second kappa shape index (κ2) is 7.58. The minimum atomic E-state index is 0.130.